The molecule has 0 aromatic heterocycles. The molecule has 0 fully saturated rings. The van der Waals surface area contributed by atoms with Crippen LogP contribution in [-0.4, -0.2) is 50.0 Å². The SMILES string of the molecule is CCCCN(C)C(=NCC(=O)NCC)NCC. The number of likely N-dealkylation sites (N-methyl/N-ethyl adjacent to an activating group) is 1. The van der Waals surface area contributed by atoms with E-state index in [1.54, 1.807) is 0 Å². The van der Waals surface area contributed by atoms with E-state index >= 15 is 0 Å². The number of nitrogens with zero attached hydrogens (tertiary/aromatic N) is 2. The van der Waals surface area contributed by atoms with E-state index in [2.05, 4.69) is 27.4 Å². The number of nitrogens with one attached hydrogen (secondary N) is 2. The number of carbonyl (C=O) groups is 1. The zero-order valence-corrected chi connectivity index (χ0v) is 11.5. The van der Waals surface area contributed by atoms with E-state index in [9.17, 15) is 4.79 Å². The second-order valence-electron chi connectivity index (χ2n) is 3.90. The molecule has 2 N–H and O–H groups in total. The van der Waals surface area contributed by atoms with Gasteiger partial charge in [0.05, 0.1) is 0 Å². The summed E-state index contributed by atoms with van der Waals surface area (Å²) in [6.07, 6.45) is 2.28. The number of carbonyl (C=O) groups excluding carboxylic acids is 1. The Morgan fingerprint density at radius 3 is 2.35 bits per heavy atom. The first kappa shape index (κ1) is 15.7. The summed E-state index contributed by atoms with van der Waals surface area (Å²) in [4.78, 5) is 17.7. The topological polar surface area (TPSA) is 56.7 Å². The Labute approximate surface area is 105 Å². The van der Waals surface area contributed by atoms with Gasteiger partial charge in [-0.1, -0.05) is 13.3 Å². The molecule has 0 unspecified atom stereocenters. The molecule has 0 aromatic rings. The lowest BCUT2D eigenvalue weighted by Gasteiger charge is -2.21. The summed E-state index contributed by atoms with van der Waals surface area (Å²) in [6.45, 7) is 8.69. The molecule has 0 saturated carbocycles. The lowest BCUT2D eigenvalue weighted by Crippen LogP contribution is -2.40. The lowest BCUT2D eigenvalue weighted by atomic mass is 10.3. The Morgan fingerprint density at radius 1 is 1.18 bits per heavy atom. The van der Waals surface area contributed by atoms with Crippen molar-refractivity contribution in [3.05, 3.63) is 0 Å². The average Bonchev–Trinajstić information content (AvgIpc) is 2.31. The molecule has 0 aliphatic carbocycles. The van der Waals surface area contributed by atoms with Gasteiger partial charge in [-0.15, -0.1) is 0 Å². The molecular formula is C12H26N4O. The van der Waals surface area contributed by atoms with E-state index in [-0.39, 0.29) is 12.5 Å². The normalized spacial score (nSPS) is 11.2. The predicted molar refractivity (Wildman–Crippen MR) is 72.2 cm³/mol. The molecule has 0 heterocycles. The summed E-state index contributed by atoms with van der Waals surface area (Å²) in [6, 6.07) is 0. The third-order valence-electron chi connectivity index (χ3n) is 2.29. The van der Waals surface area contributed by atoms with Gasteiger partial charge in [0.25, 0.3) is 0 Å². The number of amides is 1. The minimum absolute atomic E-state index is 0.0354. The molecule has 0 radical (unpaired) electrons. The van der Waals surface area contributed by atoms with E-state index in [4.69, 9.17) is 0 Å². The van der Waals surface area contributed by atoms with Crippen LogP contribution in [0.2, 0.25) is 0 Å². The van der Waals surface area contributed by atoms with Crippen molar-refractivity contribution in [2.45, 2.75) is 33.6 Å². The van der Waals surface area contributed by atoms with Gasteiger partial charge in [0, 0.05) is 26.7 Å². The van der Waals surface area contributed by atoms with E-state index in [1.165, 1.54) is 0 Å². The number of guanidine groups is 1. The van der Waals surface area contributed by atoms with Gasteiger partial charge in [-0.3, -0.25) is 4.79 Å². The molecule has 0 aliphatic rings. The highest BCUT2D eigenvalue weighted by Gasteiger charge is 2.05. The Balaban J connectivity index is 4.27. The molecule has 5 nitrogen and oxygen atoms in total. The number of rotatable bonds is 7. The van der Waals surface area contributed by atoms with Crippen LogP contribution in [0, 0.1) is 0 Å². The van der Waals surface area contributed by atoms with E-state index in [1.807, 2.05) is 20.9 Å². The minimum atomic E-state index is -0.0354. The molecule has 0 aromatic carbocycles. The molecule has 17 heavy (non-hydrogen) atoms. The third kappa shape index (κ3) is 7.60. The number of hydrogen-bond donors (Lipinski definition) is 2. The summed E-state index contributed by atoms with van der Waals surface area (Å²) in [5, 5.41) is 5.92. The lowest BCUT2D eigenvalue weighted by molar-refractivity contribution is -0.119. The molecule has 0 atom stereocenters. The molecule has 0 saturated heterocycles. The summed E-state index contributed by atoms with van der Waals surface area (Å²) < 4.78 is 0. The predicted octanol–water partition coefficient (Wildman–Crippen LogP) is 0.820. The van der Waals surface area contributed by atoms with Crippen molar-refractivity contribution in [2.75, 3.05) is 33.2 Å². The Hall–Kier alpha value is -1.26. The maximum Gasteiger partial charge on any atom is 0.241 e. The number of unbranched alkanes of at least 4 members (excludes halogenated alkanes) is 1. The first-order valence-electron chi connectivity index (χ1n) is 6.41. The van der Waals surface area contributed by atoms with Gasteiger partial charge in [0.1, 0.15) is 6.54 Å². The van der Waals surface area contributed by atoms with Crippen LogP contribution in [-0.2, 0) is 4.79 Å². The second-order valence-corrected chi connectivity index (χ2v) is 3.90. The second kappa shape index (κ2) is 9.93. The Bertz CT molecular complexity index is 241. The summed E-state index contributed by atoms with van der Waals surface area (Å²) in [5.41, 5.74) is 0. The smallest absolute Gasteiger partial charge is 0.241 e. The van der Waals surface area contributed by atoms with Gasteiger partial charge in [0.15, 0.2) is 5.96 Å². The van der Waals surface area contributed by atoms with Crippen LogP contribution >= 0.6 is 0 Å². The Morgan fingerprint density at radius 2 is 1.82 bits per heavy atom. The zero-order chi connectivity index (χ0) is 13.1. The molecule has 0 bridgehead atoms. The molecule has 1 amide bonds. The number of hydrogen-bond acceptors (Lipinski definition) is 2. The van der Waals surface area contributed by atoms with Crippen molar-refractivity contribution in [2.24, 2.45) is 4.99 Å². The maximum atomic E-state index is 11.3. The van der Waals surface area contributed by atoms with Gasteiger partial charge in [0.2, 0.25) is 5.91 Å². The monoisotopic (exact) mass is 242 g/mol. The first-order chi connectivity index (χ1) is 8.15. The third-order valence-corrected chi connectivity index (χ3v) is 2.29. The van der Waals surface area contributed by atoms with Gasteiger partial charge < -0.3 is 15.5 Å². The van der Waals surface area contributed by atoms with Crippen molar-refractivity contribution in [3.63, 3.8) is 0 Å². The van der Waals surface area contributed by atoms with Crippen LogP contribution in [0.3, 0.4) is 0 Å². The Kier molecular flexibility index (Phi) is 9.19. The highest BCUT2D eigenvalue weighted by molar-refractivity contribution is 5.84. The van der Waals surface area contributed by atoms with Gasteiger partial charge in [-0.2, -0.15) is 0 Å². The van der Waals surface area contributed by atoms with Crippen molar-refractivity contribution < 1.29 is 4.79 Å². The van der Waals surface area contributed by atoms with E-state index in [0.29, 0.717) is 6.54 Å². The van der Waals surface area contributed by atoms with Crippen molar-refractivity contribution in [3.8, 4) is 0 Å². The van der Waals surface area contributed by atoms with Gasteiger partial charge in [-0.25, -0.2) is 4.99 Å². The molecular weight excluding hydrogens is 216 g/mol. The van der Waals surface area contributed by atoms with Crippen LogP contribution in [0.25, 0.3) is 0 Å². The highest BCUT2D eigenvalue weighted by atomic mass is 16.1. The fourth-order valence-corrected chi connectivity index (χ4v) is 1.37. The minimum Gasteiger partial charge on any atom is -0.357 e. The standard InChI is InChI=1S/C12H26N4O/c1-5-8-9-16(4)12(14-7-3)15-10-11(17)13-6-2/h5-10H2,1-4H3,(H,13,17)(H,14,15). The number of aliphatic imine (C=N–C) groups is 1. The van der Waals surface area contributed by atoms with Crippen LogP contribution in [0.1, 0.15) is 33.6 Å². The van der Waals surface area contributed by atoms with Crippen LogP contribution in [0.15, 0.2) is 4.99 Å². The fourth-order valence-electron chi connectivity index (χ4n) is 1.37. The van der Waals surface area contributed by atoms with Gasteiger partial charge in [-0.05, 0) is 20.3 Å². The largest absolute Gasteiger partial charge is 0.357 e. The first-order valence-corrected chi connectivity index (χ1v) is 6.41. The summed E-state index contributed by atoms with van der Waals surface area (Å²) in [5.74, 6) is 0.763. The molecule has 5 heteroatoms. The van der Waals surface area contributed by atoms with Crippen LogP contribution < -0.4 is 10.6 Å². The van der Waals surface area contributed by atoms with Crippen LogP contribution in [0.5, 0.6) is 0 Å². The van der Waals surface area contributed by atoms with E-state index < -0.39 is 0 Å². The molecule has 0 rings (SSSR count). The fraction of sp³-hybridized carbons (Fsp3) is 0.833. The van der Waals surface area contributed by atoms with Crippen molar-refractivity contribution in [1.29, 1.82) is 0 Å². The average molecular weight is 242 g/mol. The molecule has 0 spiro atoms. The van der Waals surface area contributed by atoms with Crippen molar-refractivity contribution in [1.82, 2.24) is 15.5 Å². The maximum absolute atomic E-state index is 11.3. The van der Waals surface area contributed by atoms with Gasteiger partial charge >= 0.3 is 0 Å². The van der Waals surface area contributed by atoms with E-state index in [0.717, 1.165) is 31.9 Å². The highest BCUT2D eigenvalue weighted by Crippen LogP contribution is 1.93. The zero-order valence-electron chi connectivity index (χ0n) is 11.5. The van der Waals surface area contributed by atoms with Crippen LogP contribution in [0.4, 0.5) is 0 Å². The van der Waals surface area contributed by atoms with Crippen molar-refractivity contribution >= 4 is 11.9 Å². The molecule has 100 valence electrons. The quantitative estimate of drug-likeness (QED) is 0.513. The summed E-state index contributed by atoms with van der Waals surface area (Å²) >= 11 is 0. The summed E-state index contributed by atoms with van der Waals surface area (Å²) in [7, 11) is 1.99. The molecule has 0 aliphatic heterocycles.